The monoisotopic (exact) mass is 438 g/mol. The standard InChI is InChI=1S/C20H31BrN4O2/c1-6-25(5)13-22-19-11-18(21)20(23-15(19)4)27-17-9-7-16(8-10-17)24-26-12-14(2)3/h11,13-14,17H,6-10,12H2,1-5H3. The molecule has 2 rings (SSSR count). The van der Waals surface area contributed by atoms with Gasteiger partial charge < -0.3 is 14.5 Å². The number of aryl methyl sites for hydroxylation is 1. The molecule has 1 aromatic rings. The quantitative estimate of drug-likeness (QED) is 0.321. The van der Waals surface area contributed by atoms with Crippen LogP contribution in [0.3, 0.4) is 0 Å². The van der Waals surface area contributed by atoms with E-state index in [1.165, 1.54) is 0 Å². The molecule has 0 spiro atoms. The van der Waals surface area contributed by atoms with Crippen LogP contribution in [0.5, 0.6) is 5.88 Å². The summed E-state index contributed by atoms with van der Waals surface area (Å²) in [5, 5.41) is 4.27. The number of nitrogens with zero attached hydrogens (tertiary/aromatic N) is 4. The van der Waals surface area contributed by atoms with Crippen molar-refractivity contribution < 1.29 is 9.57 Å². The molecular weight excluding hydrogens is 408 g/mol. The maximum Gasteiger partial charge on any atom is 0.228 e. The van der Waals surface area contributed by atoms with Gasteiger partial charge >= 0.3 is 0 Å². The summed E-state index contributed by atoms with van der Waals surface area (Å²) < 4.78 is 6.98. The van der Waals surface area contributed by atoms with Crippen molar-refractivity contribution in [2.24, 2.45) is 16.1 Å². The number of hydrogen-bond acceptors (Lipinski definition) is 5. The maximum absolute atomic E-state index is 6.14. The van der Waals surface area contributed by atoms with Gasteiger partial charge in [-0.25, -0.2) is 9.98 Å². The lowest BCUT2D eigenvalue weighted by Crippen LogP contribution is -2.25. The normalized spacial score (nSPS) is 17.4. The molecule has 0 aromatic carbocycles. The molecule has 27 heavy (non-hydrogen) atoms. The Morgan fingerprint density at radius 3 is 2.70 bits per heavy atom. The average Bonchev–Trinajstić information content (AvgIpc) is 2.64. The fraction of sp³-hybridized carbons (Fsp3) is 0.650. The Bertz CT molecular complexity index is 666. The number of oxime groups is 1. The second-order valence-corrected chi connectivity index (χ2v) is 8.22. The van der Waals surface area contributed by atoms with Gasteiger partial charge in [-0.15, -0.1) is 0 Å². The van der Waals surface area contributed by atoms with Gasteiger partial charge in [0.2, 0.25) is 5.88 Å². The van der Waals surface area contributed by atoms with Crippen LogP contribution in [0.1, 0.15) is 52.1 Å². The molecule has 150 valence electrons. The zero-order valence-electron chi connectivity index (χ0n) is 17.0. The van der Waals surface area contributed by atoms with Crippen LogP contribution in [0.25, 0.3) is 0 Å². The average molecular weight is 439 g/mol. The number of pyridine rings is 1. The van der Waals surface area contributed by atoms with Gasteiger partial charge in [0.05, 0.1) is 27.9 Å². The zero-order chi connectivity index (χ0) is 19.8. The number of aliphatic imine (C=N–C) groups is 1. The SMILES string of the molecule is CCN(C)C=Nc1cc(Br)c(OC2CCC(=NOCC(C)C)CC2)nc1C. The number of halogens is 1. The van der Waals surface area contributed by atoms with Crippen LogP contribution < -0.4 is 4.74 Å². The van der Waals surface area contributed by atoms with Gasteiger partial charge in [-0.1, -0.05) is 19.0 Å². The van der Waals surface area contributed by atoms with Gasteiger partial charge in [0.25, 0.3) is 0 Å². The summed E-state index contributed by atoms with van der Waals surface area (Å²) in [6, 6.07) is 1.97. The maximum atomic E-state index is 6.14. The topological polar surface area (TPSA) is 59.3 Å². The molecule has 0 radical (unpaired) electrons. The molecule has 0 aliphatic heterocycles. The van der Waals surface area contributed by atoms with Crippen LogP contribution in [0, 0.1) is 12.8 Å². The molecule has 1 saturated carbocycles. The van der Waals surface area contributed by atoms with E-state index >= 15 is 0 Å². The first-order chi connectivity index (χ1) is 12.9. The van der Waals surface area contributed by atoms with Crippen molar-refractivity contribution in [1.29, 1.82) is 0 Å². The third-order valence-electron chi connectivity index (χ3n) is 4.39. The molecule has 0 N–H and O–H groups in total. The largest absolute Gasteiger partial charge is 0.474 e. The van der Waals surface area contributed by atoms with E-state index in [0.717, 1.165) is 53.8 Å². The van der Waals surface area contributed by atoms with E-state index in [9.17, 15) is 0 Å². The first kappa shape index (κ1) is 21.7. The van der Waals surface area contributed by atoms with Crippen molar-refractivity contribution in [1.82, 2.24) is 9.88 Å². The van der Waals surface area contributed by atoms with Crippen molar-refractivity contribution in [3.63, 3.8) is 0 Å². The summed E-state index contributed by atoms with van der Waals surface area (Å²) in [5.41, 5.74) is 2.83. The lowest BCUT2D eigenvalue weighted by Gasteiger charge is -2.24. The summed E-state index contributed by atoms with van der Waals surface area (Å²) in [5.74, 6) is 1.13. The Morgan fingerprint density at radius 2 is 2.07 bits per heavy atom. The number of hydrogen-bond donors (Lipinski definition) is 0. The highest BCUT2D eigenvalue weighted by atomic mass is 79.9. The molecule has 1 aliphatic carbocycles. The summed E-state index contributed by atoms with van der Waals surface area (Å²) >= 11 is 3.57. The zero-order valence-corrected chi connectivity index (χ0v) is 18.6. The van der Waals surface area contributed by atoms with Crippen LogP contribution >= 0.6 is 15.9 Å². The Balaban J connectivity index is 1.93. The summed E-state index contributed by atoms with van der Waals surface area (Å²) in [6.45, 7) is 9.86. The number of ether oxygens (including phenoxy) is 1. The van der Waals surface area contributed by atoms with Gasteiger partial charge in [-0.3, -0.25) is 0 Å². The van der Waals surface area contributed by atoms with Crippen molar-refractivity contribution >= 4 is 33.7 Å². The van der Waals surface area contributed by atoms with Crippen LogP contribution in [0.2, 0.25) is 0 Å². The molecule has 0 atom stereocenters. The van der Waals surface area contributed by atoms with Gasteiger partial charge in [0.15, 0.2) is 0 Å². The van der Waals surface area contributed by atoms with E-state index in [0.29, 0.717) is 18.4 Å². The lowest BCUT2D eigenvalue weighted by atomic mass is 9.96. The summed E-state index contributed by atoms with van der Waals surface area (Å²) in [7, 11) is 1.99. The second kappa shape index (κ2) is 10.6. The molecule has 7 heteroatoms. The molecule has 0 bridgehead atoms. The van der Waals surface area contributed by atoms with Crippen LogP contribution in [-0.2, 0) is 4.84 Å². The molecule has 0 saturated heterocycles. The van der Waals surface area contributed by atoms with Crippen molar-refractivity contribution in [3.05, 3.63) is 16.2 Å². The van der Waals surface area contributed by atoms with E-state index < -0.39 is 0 Å². The molecule has 1 heterocycles. The molecule has 1 aliphatic rings. The van der Waals surface area contributed by atoms with Gasteiger partial charge in [-0.2, -0.15) is 0 Å². The van der Waals surface area contributed by atoms with E-state index in [1.807, 2.05) is 31.3 Å². The van der Waals surface area contributed by atoms with E-state index in [-0.39, 0.29) is 6.10 Å². The first-order valence-corrected chi connectivity index (χ1v) is 10.4. The number of aromatic nitrogens is 1. The van der Waals surface area contributed by atoms with Crippen LogP contribution in [0.15, 0.2) is 20.7 Å². The minimum absolute atomic E-state index is 0.151. The first-order valence-electron chi connectivity index (χ1n) is 9.65. The predicted octanol–water partition coefficient (Wildman–Crippen LogP) is 5.11. The van der Waals surface area contributed by atoms with Crippen LogP contribution in [0.4, 0.5) is 5.69 Å². The minimum atomic E-state index is 0.151. The molecule has 6 nitrogen and oxygen atoms in total. The Hall–Kier alpha value is -1.63. The fourth-order valence-corrected chi connectivity index (χ4v) is 2.97. The summed E-state index contributed by atoms with van der Waals surface area (Å²) in [6.07, 6.45) is 5.64. The second-order valence-electron chi connectivity index (χ2n) is 7.36. The van der Waals surface area contributed by atoms with E-state index in [1.54, 1.807) is 0 Å². The molecule has 0 unspecified atom stereocenters. The lowest BCUT2D eigenvalue weighted by molar-refractivity contribution is 0.114. The van der Waals surface area contributed by atoms with Gasteiger partial charge in [-0.05, 0) is 67.4 Å². The van der Waals surface area contributed by atoms with E-state index in [2.05, 4.69) is 51.8 Å². The highest BCUT2D eigenvalue weighted by Gasteiger charge is 2.21. The van der Waals surface area contributed by atoms with Crippen molar-refractivity contribution in [3.8, 4) is 5.88 Å². The Kier molecular flexibility index (Phi) is 8.54. The van der Waals surface area contributed by atoms with Crippen molar-refractivity contribution in [2.75, 3.05) is 20.2 Å². The predicted molar refractivity (Wildman–Crippen MR) is 114 cm³/mol. The third kappa shape index (κ3) is 7.13. The summed E-state index contributed by atoms with van der Waals surface area (Å²) in [4.78, 5) is 16.5. The van der Waals surface area contributed by atoms with Gasteiger partial charge in [0.1, 0.15) is 12.7 Å². The Labute approximate surface area is 171 Å². The molecule has 1 aromatic heterocycles. The Morgan fingerprint density at radius 1 is 1.37 bits per heavy atom. The third-order valence-corrected chi connectivity index (χ3v) is 4.96. The van der Waals surface area contributed by atoms with Crippen molar-refractivity contribution in [2.45, 2.75) is 59.5 Å². The highest BCUT2D eigenvalue weighted by molar-refractivity contribution is 9.10. The molecular formula is C20H31BrN4O2. The fourth-order valence-electron chi connectivity index (χ4n) is 2.57. The van der Waals surface area contributed by atoms with E-state index in [4.69, 9.17) is 9.57 Å². The van der Waals surface area contributed by atoms with Crippen LogP contribution in [-0.4, -0.2) is 48.2 Å². The minimum Gasteiger partial charge on any atom is -0.474 e. The smallest absolute Gasteiger partial charge is 0.228 e. The highest BCUT2D eigenvalue weighted by Crippen LogP contribution is 2.32. The number of rotatable bonds is 8. The van der Waals surface area contributed by atoms with Gasteiger partial charge in [0, 0.05) is 13.6 Å². The molecule has 0 amide bonds. The molecule has 1 fully saturated rings.